The van der Waals surface area contributed by atoms with Gasteiger partial charge in [0.25, 0.3) is 0 Å². The molecule has 0 bridgehead atoms. The second kappa shape index (κ2) is 7.04. The first-order chi connectivity index (χ1) is 8.85. The summed E-state index contributed by atoms with van der Waals surface area (Å²) in [7, 11) is 0. The van der Waals surface area contributed by atoms with E-state index in [1.807, 2.05) is 6.92 Å². The highest BCUT2D eigenvalue weighted by molar-refractivity contribution is 7.09. The van der Waals surface area contributed by atoms with Crippen LogP contribution in [0.2, 0.25) is 0 Å². The Kier molecular flexibility index (Phi) is 5.38. The van der Waals surface area contributed by atoms with Crippen molar-refractivity contribution in [2.45, 2.75) is 52.1 Å². The predicted molar refractivity (Wildman–Crippen MR) is 75.0 cm³/mol. The maximum atomic E-state index is 5.91. The standard InChI is InChI=1S/C13H23N3OS/c1-3-14-13-15-12(16-18-13)11(17-4-2)10-8-6-5-7-9-10/h10-11H,3-9H2,1-2H3,(H,14,15,16). The third-order valence-electron chi connectivity index (χ3n) is 3.45. The molecule has 1 atom stereocenters. The molecule has 1 aromatic rings. The second-order valence-corrected chi connectivity index (χ2v) is 5.51. The monoisotopic (exact) mass is 269 g/mol. The number of hydrogen-bond acceptors (Lipinski definition) is 5. The van der Waals surface area contributed by atoms with Crippen LogP contribution in [0.1, 0.15) is 57.9 Å². The smallest absolute Gasteiger partial charge is 0.202 e. The highest BCUT2D eigenvalue weighted by Crippen LogP contribution is 2.36. The SMILES string of the molecule is CCNc1nc(C(OCC)C2CCCCC2)ns1. The van der Waals surface area contributed by atoms with Gasteiger partial charge in [-0.2, -0.15) is 4.37 Å². The quantitative estimate of drug-likeness (QED) is 0.856. The van der Waals surface area contributed by atoms with Gasteiger partial charge in [-0.25, -0.2) is 4.98 Å². The van der Waals surface area contributed by atoms with Crippen LogP contribution in [-0.4, -0.2) is 22.5 Å². The largest absolute Gasteiger partial charge is 0.370 e. The summed E-state index contributed by atoms with van der Waals surface area (Å²) in [4.78, 5) is 4.57. The molecule has 0 saturated heterocycles. The fraction of sp³-hybridized carbons (Fsp3) is 0.846. The van der Waals surface area contributed by atoms with Crippen LogP contribution < -0.4 is 5.32 Å². The lowest BCUT2D eigenvalue weighted by Crippen LogP contribution is -2.20. The molecular formula is C13H23N3OS. The first-order valence-electron chi connectivity index (χ1n) is 7.04. The summed E-state index contributed by atoms with van der Waals surface area (Å²) in [5.74, 6) is 1.48. The molecule has 0 amide bonds. The lowest BCUT2D eigenvalue weighted by Gasteiger charge is -2.28. The molecule has 1 aromatic heterocycles. The maximum Gasteiger partial charge on any atom is 0.202 e. The Labute approximate surface area is 113 Å². The van der Waals surface area contributed by atoms with Gasteiger partial charge in [-0.1, -0.05) is 19.3 Å². The lowest BCUT2D eigenvalue weighted by atomic mass is 9.85. The summed E-state index contributed by atoms with van der Waals surface area (Å²) in [6.07, 6.45) is 6.60. The van der Waals surface area contributed by atoms with Crippen LogP contribution in [0.3, 0.4) is 0 Å². The first-order valence-corrected chi connectivity index (χ1v) is 7.81. The van der Waals surface area contributed by atoms with E-state index in [2.05, 4.69) is 21.6 Å². The molecule has 5 heteroatoms. The molecule has 1 heterocycles. The molecule has 1 aliphatic carbocycles. The maximum absolute atomic E-state index is 5.91. The van der Waals surface area contributed by atoms with Gasteiger partial charge in [-0.3, -0.25) is 0 Å². The number of anilines is 1. The molecule has 2 rings (SSSR count). The van der Waals surface area contributed by atoms with E-state index in [4.69, 9.17) is 4.74 Å². The molecule has 1 aliphatic rings. The Hall–Kier alpha value is -0.680. The Morgan fingerprint density at radius 3 is 2.78 bits per heavy atom. The minimum absolute atomic E-state index is 0.0963. The van der Waals surface area contributed by atoms with Gasteiger partial charge >= 0.3 is 0 Å². The Bertz CT molecular complexity index is 350. The Morgan fingerprint density at radius 2 is 2.11 bits per heavy atom. The molecule has 1 N–H and O–H groups in total. The van der Waals surface area contributed by atoms with Crippen molar-refractivity contribution in [3.63, 3.8) is 0 Å². The summed E-state index contributed by atoms with van der Waals surface area (Å²) in [5, 5.41) is 4.13. The zero-order valence-electron chi connectivity index (χ0n) is 11.3. The molecule has 102 valence electrons. The molecule has 1 saturated carbocycles. The molecule has 1 unspecified atom stereocenters. The molecule has 1 fully saturated rings. The van der Waals surface area contributed by atoms with E-state index >= 15 is 0 Å². The normalized spacial score (nSPS) is 18.8. The number of nitrogens with one attached hydrogen (secondary N) is 1. The van der Waals surface area contributed by atoms with Crippen LogP contribution in [0, 0.1) is 5.92 Å². The molecule has 0 aliphatic heterocycles. The van der Waals surface area contributed by atoms with Crippen molar-refractivity contribution in [3.8, 4) is 0 Å². The van der Waals surface area contributed by atoms with E-state index in [0.29, 0.717) is 5.92 Å². The zero-order chi connectivity index (χ0) is 12.8. The lowest BCUT2D eigenvalue weighted by molar-refractivity contribution is 0.000642. The van der Waals surface area contributed by atoms with Crippen molar-refractivity contribution < 1.29 is 4.74 Å². The third kappa shape index (κ3) is 3.42. The van der Waals surface area contributed by atoms with Gasteiger partial charge in [0.2, 0.25) is 5.13 Å². The summed E-state index contributed by atoms with van der Waals surface area (Å²) >= 11 is 1.44. The van der Waals surface area contributed by atoms with Crippen molar-refractivity contribution in [1.82, 2.24) is 9.36 Å². The highest BCUT2D eigenvalue weighted by Gasteiger charge is 2.28. The fourth-order valence-electron chi connectivity index (χ4n) is 2.61. The highest BCUT2D eigenvalue weighted by atomic mass is 32.1. The molecular weight excluding hydrogens is 246 g/mol. The van der Waals surface area contributed by atoms with Crippen LogP contribution in [0.15, 0.2) is 0 Å². The molecule has 0 radical (unpaired) electrons. The Balaban J connectivity index is 2.06. The number of rotatable bonds is 6. The summed E-state index contributed by atoms with van der Waals surface area (Å²) in [5.41, 5.74) is 0. The van der Waals surface area contributed by atoms with Crippen LogP contribution in [-0.2, 0) is 4.74 Å². The van der Waals surface area contributed by atoms with Gasteiger partial charge in [0.1, 0.15) is 6.10 Å². The molecule has 0 aromatic carbocycles. The average Bonchev–Trinajstić information content (AvgIpc) is 2.86. The van der Waals surface area contributed by atoms with Gasteiger partial charge in [0.05, 0.1) is 0 Å². The van der Waals surface area contributed by atoms with E-state index in [1.54, 1.807) is 0 Å². The van der Waals surface area contributed by atoms with E-state index in [9.17, 15) is 0 Å². The molecule has 0 spiro atoms. The van der Waals surface area contributed by atoms with Gasteiger partial charge in [0.15, 0.2) is 5.82 Å². The fourth-order valence-corrected chi connectivity index (χ4v) is 3.28. The van der Waals surface area contributed by atoms with Gasteiger partial charge < -0.3 is 10.1 Å². The summed E-state index contributed by atoms with van der Waals surface area (Å²) < 4.78 is 10.4. The van der Waals surface area contributed by atoms with Gasteiger partial charge in [-0.05, 0) is 32.6 Å². The molecule has 4 nitrogen and oxygen atoms in total. The van der Waals surface area contributed by atoms with Crippen LogP contribution in [0.4, 0.5) is 5.13 Å². The van der Waals surface area contributed by atoms with Crippen LogP contribution in [0.25, 0.3) is 0 Å². The van der Waals surface area contributed by atoms with Crippen LogP contribution >= 0.6 is 11.5 Å². The van der Waals surface area contributed by atoms with Crippen molar-refractivity contribution in [2.75, 3.05) is 18.5 Å². The second-order valence-electron chi connectivity index (χ2n) is 4.76. The number of aromatic nitrogens is 2. The minimum Gasteiger partial charge on any atom is -0.370 e. The predicted octanol–water partition coefficient (Wildman–Crippen LogP) is 3.63. The van der Waals surface area contributed by atoms with Crippen molar-refractivity contribution in [1.29, 1.82) is 0 Å². The summed E-state index contributed by atoms with van der Waals surface area (Å²) in [6, 6.07) is 0. The topological polar surface area (TPSA) is 47.0 Å². The number of ether oxygens (including phenoxy) is 1. The van der Waals surface area contributed by atoms with Crippen LogP contribution in [0.5, 0.6) is 0 Å². The van der Waals surface area contributed by atoms with Gasteiger partial charge in [-0.15, -0.1) is 0 Å². The van der Waals surface area contributed by atoms with Gasteiger partial charge in [0, 0.05) is 24.7 Å². The number of hydrogen-bond donors (Lipinski definition) is 1. The first kappa shape index (κ1) is 13.7. The third-order valence-corrected chi connectivity index (χ3v) is 4.14. The van der Waals surface area contributed by atoms with Crippen molar-refractivity contribution >= 4 is 16.7 Å². The zero-order valence-corrected chi connectivity index (χ0v) is 12.1. The minimum atomic E-state index is 0.0963. The Morgan fingerprint density at radius 1 is 1.33 bits per heavy atom. The van der Waals surface area contributed by atoms with E-state index in [-0.39, 0.29) is 6.10 Å². The van der Waals surface area contributed by atoms with E-state index < -0.39 is 0 Å². The van der Waals surface area contributed by atoms with E-state index in [0.717, 1.165) is 24.1 Å². The molecule has 18 heavy (non-hydrogen) atoms. The van der Waals surface area contributed by atoms with Crippen molar-refractivity contribution in [3.05, 3.63) is 5.82 Å². The number of nitrogens with zero attached hydrogens (tertiary/aromatic N) is 2. The van der Waals surface area contributed by atoms with Crippen molar-refractivity contribution in [2.24, 2.45) is 5.92 Å². The summed E-state index contributed by atoms with van der Waals surface area (Å²) in [6.45, 7) is 5.74. The van der Waals surface area contributed by atoms with E-state index in [1.165, 1.54) is 43.6 Å². The average molecular weight is 269 g/mol.